The highest BCUT2D eigenvalue weighted by atomic mass is 35.5. The van der Waals surface area contributed by atoms with Crippen molar-refractivity contribution < 1.29 is 13.9 Å². The maximum Gasteiger partial charge on any atom is 0.259 e. The Balaban J connectivity index is 0.00000341. The predicted molar refractivity (Wildman–Crippen MR) is 126 cm³/mol. The average molecular weight is 452 g/mol. The van der Waals surface area contributed by atoms with Crippen LogP contribution in [0.3, 0.4) is 0 Å². The summed E-state index contributed by atoms with van der Waals surface area (Å²) in [7, 11) is 5.08. The third-order valence-corrected chi connectivity index (χ3v) is 5.18. The van der Waals surface area contributed by atoms with Gasteiger partial charge < -0.3 is 24.8 Å². The van der Waals surface area contributed by atoms with Gasteiger partial charge in [0.05, 0.1) is 18.5 Å². The van der Waals surface area contributed by atoms with Crippen LogP contribution < -0.4 is 19.9 Å². The molecule has 0 aliphatic carbocycles. The molecule has 0 atom stereocenters. The number of halogens is 2. The second kappa shape index (κ2) is 11.0. The van der Waals surface area contributed by atoms with E-state index in [4.69, 9.17) is 4.74 Å². The number of benzene rings is 1. The molecule has 1 N–H and O–H groups in total. The number of piperazine rings is 1. The highest BCUT2D eigenvalue weighted by Gasteiger charge is 2.27. The molecule has 31 heavy (non-hydrogen) atoms. The summed E-state index contributed by atoms with van der Waals surface area (Å²) in [6, 6.07) is 6.40. The number of hydrogen-bond donors (Lipinski definition) is 1. The first-order valence-electron chi connectivity index (χ1n) is 10.2. The van der Waals surface area contributed by atoms with Gasteiger partial charge in [-0.15, -0.1) is 12.4 Å². The second-order valence-corrected chi connectivity index (χ2v) is 7.47. The van der Waals surface area contributed by atoms with Crippen LogP contribution in [-0.4, -0.2) is 69.7 Å². The van der Waals surface area contributed by atoms with E-state index in [9.17, 15) is 9.18 Å². The van der Waals surface area contributed by atoms with Crippen LogP contribution in [0.4, 0.5) is 21.6 Å². The first kappa shape index (κ1) is 24.5. The monoisotopic (exact) mass is 451 g/mol. The lowest BCUT2D eigenvalue weighted by Gasteiger charge is -2.38. The lowest BCUT2D eigenvalue weighted by molar-refractivity contribution is 0.0828. The molecule has 1 aliphatic heterocycles. The molecule has 2 heterocycles. The normalized spacial score (nSPS) is 13.5. The zero-order valence-electron chi connectivity index (χ0n) is 18.5. The maximum absolute atomic E-state index is 13.8. The van der Waals surface area contributed by atoms with Crippen molar-refractivity contribution in [3.8, 4) is 5.75 Å². The number of carbonyl (C=O) groups excluding carboxylic acids is 1. The molecule has 7 nitrogen and oxygen atoms in total. The largest absolute Gasteiger partial charge is 0.495 e. The van der Waals surface area contributed by atoms with E-state index in [-0.39, 0.29) is 24.1 Å². The van der Waals surface area contributed by atoms with E-state index in [1.807, 2.05) is 6.07 Å². The zero-order chi connectivity index (χ0) is 21.7. The maximum atomic E-state index is 13.8. The predicted octanol–water partition coefficient (Wildman–Crippen LogP) is 3.50. The molecule has 1 amide bonds. The first-order chi connectivity index (χ1) is 14.5. The van der Waals surface area contributed by atoms with Crippen LogP contribution in [0, 0.1) is 5.82 Å². The number of nitrogens with zero attached hydrogens (tertiary/aromatic N) is 4. The van der Waals surface area contributed by atoms with Gasteiger partial charge in [0.15, 0.2) is 0 Å². The van der Waals surface area contributed by atoms with Crippen molar-refractivity contribution in [3.05, 3.63) is 41.8 Å². The van der Waals surface area contributed by atoms with Crippen molar-refractivity contribution in [1.29, 1.82) is 0 Å². The smallest absolute Gasteiger partial charge is 0.259 e. The molecule has 1 aliphatic rings. The summed E-state index contributed by atoms with van der Waals surface area (Å²) in [4.78, 5) is 23.3. The molecule has 0 spiro atoms. The molecule has 1 saturated heterocycles. The first-order valence-corrected chi connectivity index (χ1v) is 10.2. The van der Waals surface area contributed by atoms with Crippen molar-refractivity contribution >= 4 is 35.5 Å². The lowest BCUT2D eigenvalue weighted by atomic mass is 10.1. The van der Waals surface area contributed by atoms with Gasteiger partial charge in [-0.1, -0.05) is 6.92 Å². The number of methoxy groups -OCH3 is 1. The van der Waals surface area contributed by atoms with E-state index in [0.717, 1.165) is 24.3 Å². The van der Waals surface area contributed by atoms with Gasteiger partial charge >= 0.3 is 0 Å². The lowest BCUT2D eigenvalue weighted by Crippen LogP contribution is -2.47. The Bertz CT molecular complexity index is 888. The standard InChI is InChI=1S/C22H30FN5O2.ClH/c1-5-9-24-17-8-10-25-21(20(17)22(29)26(2)3)28-13-11-27(12-14-28)18-15-16(23)6-7-19(18)30-4;/h6-8,10,15H,5,9,11-14H2,1-4H3,(H,24,25);1H. The fourth-order valence-electron chi connectivity index (χ4n) is 3.60. The third-order valence-electron chi connectivity index (χ3n) is 5.18. The van der Waals surface area contributed by atoms with Crippen LogP contribution in [0.15, 0.2) is 30.5 Å². The summed E-state index contributed by atoms with van der Waals surface area (Å²) in [6.07, 6.45) is 2.70. The Morgan fingerprint density at radius 3 is 2.48 bits per heavy atom. The van der Waals surface area contributed by atoms with Gasteiger partial charge in [0, 0.05) is 59.1 Å². The van der Waals surface area contributed by atoms with Crippen LogP contribution in [-0.2, 0) is 0 Å². The molecular formula is C22H31ClFN5O2. The van der Waals surface area contributed by atoms with E-state index < -0.39 is 0 Å². The van der Waals surface area contributed by atoms with Crippen molar-refractivity contribution in [2.24, 2.45) is 0 Å². The number of carbonyl (C=O) groups is 1. The van der Waals surface area contributed by atoms with Crippen molar-refractivity contribution in [2.45, 2.75) is 13.3 Å². The SMILES string of the molecule is CCCNc1ccnc(N2CCN(c3cc(F)ccc3OC)CC2)c1C(=O)N(C)C.Cl. The van der Waals surface area contributed by atoms with Gasteiger partial charge in [-0.3, -0.25) is 4.79 Å². The fourth-order valence-corrected chi connectivity index (χ4v) is 3.60. The van der Waals surface area contributed by atoms with Crippen molar-refractivity contribution in [2.75, 3.05) is 69.0 Å². The summed E-state index contributed by atoms with van der Waals surface area (Å²) in [5.74, 6) is 0.965. The number of rotatable bonds is 7. The number of ether oxygens (including phenoxy) is 1. The summed E-state index contributed by atoms with van der Waals surface area (Å²) >= 11 is 0. The second-order valence-electron chi connectivity index (χ2n) is 7.47. The van der Waals surface area contributed by atoms with Crippen LogP contribution in [0.5, 0.6) is 5.75 Å². The molecule has 0 unspecified atom stereocenters. The molecule has 0 saturated carbocycles. The third kappa shape index (κ3) is 5.50. The molecule has 0 bridgehead atoms. The minimum absolute atomic E-state index is 0. The highest BCUT2D eigenvalue weighted by Crippen LogP contribution is 2.32. The topological polar surface area (TPSA) is 60.9 Å². The number of amides is 1. The van der Waals surface area contributed by atoms with Crippen LogP contribution in [0.2, 0.25) is 0 Å². The molecule has 1 fully saturated rings. The number of anilines is 3. The molecule has 3 rings (SSSR count). The van der Waals surface area contributed by atoms with E-state index in [2.05, 4.69) is 27.0 Å². The highest BCUT2D eigenvalue weighted by molar-refractivity contribution is 6.04. The minimum Gasteiger partial charge on any atom is -0.495 e. The zero-order valence-corrected chi connectivity index (χ0v) is 19.3. The Hall–Kier alpha value is -2.74. The van der Waals surface area contributed by atoms with Crippen LogP contribution in [0.1, 0.15) is 23.7 Å². The van der Waals surface area contributed by atoms with Crippen molar-refractivity contribution in [3.63, 3.8) is 0 Å². The Morgan fingerprint density at radius 1 is 1.19 bits per heavy atom. The summed E-state index contributed by atoms with van der Waals surface area (Å²) in [6.45, 7) is 5.54. The number of pyridine rings is 1. The van der Waals surface area contributed by atoms with Gasteiger partial charge in [-0.2, -0.15) is 0 Å². The molecule has 0 radical (unpaired) electrons. The minimum atomic E-state index is -0.288. The van der Waals surface area contributed by atoms with Gasteiger partial charge in [-0.05, 0) is 24.6 Å². The summed E-state index contributed by atoms with van der Waals surface area (Å²) < 4.78 is 19.2. The molecule has 2 aromatic rings. The van der Waals surface area contributed by atoms with E-state index in [1.54, 1.807) is 38.4 Å². The number of hydrogen-bond acceptors (Lipinski definition) is 6. The molecule has 1 aromatic carbocycles. The van der Waals surface area contributed by atoms with E-state index in [0.29, 0.717) is 43.3 Å². The van der Waals surface area contributed by atoms with Gasteiger partial charge in [0.1, 0.15) is 22.9 Å². The van der Waals surface area contributed by atoms with Gasteiger partial charge in [0.2, 0.25) is 0 Å². The van der Waals surface area contributed by atoms with Gasteiger partial charge in [0.25, 0.3) is 5.91 Å². The Morgan fingerprint density at radius 2 is 1.87 bits per heavy atom. The quantitative estimate of drug-likeness (QED) is 0.695. The summed E-state index contributed by atoms with van der Waals surface area (Å²) in [5.41, 5.74) is 2.13. The van der Waals surface area contributed by atoms with E-state index in [1.165, 1.54) is 12.1 Å². The summed E-state index contributed by atoms with van der Waals surface area (Å²) in [5, 5.41) is 3.35. The average Bonchev–Trinajstić information content (AvgIpc) is 2.77. The van der Waals surface area contributed by atoms with Crippen LogP contribution in [0.25, 0.3) is 0 Å². The van der Waals surface area contributed by atoms with Crippen LogP contribution >= 0.6 is 12.4 Å². The van der Waals surface area contributed by atoms with Crippen molar-refractivity contribution in [1.82, 2.24) is 9.88 Å². The fraction of sp³-hybridized carbons (Fsp3) is 0.455. The van der Waals surface area contributed by atoms with E-state index >= 15 is 0 Å². The molecule has 9 heteroatoms. The number of aromatic nitrogens is 1. The molecule has 170 valence electrons. The van der Waals surface area contributed by atoms with Gasteiger partial charge in [-0.25, -0.2) is 9.37 Å². The Labute approximate surface area is 189 Å². The molecular weight excluding hydrogens is 421 g/mol. The molecule has 1 aromatic heterocycles. The number of nitrogens with one attached hydrogen (secondary N) is 1. The Kier molecular flexibility index (Phi) is 8.74.